The second-order valence-corrected chi connectivity index (χ2v) is 8.62. The van der Waals surface area contributed by atoms with Crippen molar-refractivity contribution >= 4 is 40.0 Å². The summed E-state index contributed by atoms with van der Waals surface area (Å²) >= 11 is 7.12. The third kappa shape index (κ3) is 3.08. The molecule has 4 rings (SSSR count). The molecular weight excluding hydrogens is 352 g/mol. The predicted molar refractivity (Wildman–Crippen MR) is 104 cm³/mol. The first-order valence-corrected chi connectivity index (χ1v) is 10.1. The SMILES string of the molecule is Cc1cncn1CCCN1C(=O)C2C(=NC1=S)SC1=C2CCC(C)C1. The average Bonchev–Trinajstić information content (AvgIpc) is 3.13. The van der Waals surface area contributed by atoms with E-state index < -0.39 is 0 Å². The van der Waals surface area contributed by atoms with Gasteiger partial charge in [0.2, 0.25) is 11.0 Å². The fraction of sp³-hybridized carbons (Fsp3) is 0.556. The lowest BCUT2D eigenvalue weighted by atomic mass is 9.84. The number of thioether (sulfide) groups is 1. The molecule has 0 saturated heterocycles. The molecular formula is C18H22N4OS2. The number of imidazole rings is 1. The first-order valence-electron chi connectivity index (χ1n) is 8.85. The van der Waals surface area contributed by atoms with Crippen molar-refractivity contribution < 1.29 is 4.79 Å². The van der Waals surface area contributed by atoms with E-state index in [0.29, 0.717) is 17.6 Å². The molecule has 0 saturated carbocycles. The maximum absolute atomic E-state index is 13.1. The van der Waals surface area contributed by atoms with E-state index in [4.69, 9.17) is 12.2 Å². The van der Waals surface area contributed by atoms with Gasteiger partial charge in [-0.1, -0.05) is 18.7 Å². The van der Waals surface area contributed by atoms with Crippen molar-refractivity contribution in [2.24, 2.45) is 16.8 Å². The Hall–Kier alpha value is -1.47. The van der Waals surface area contributed by atoms with E-state index in [1.807, 2.05) is 19.4 Å². The van der Waals surface area contributed by atoms with Crippen molar-refractivity contribution in [2.45, 2.75) is 46.1 Å². The maximum atomic E-state index is 13.1. The van der Waals surface area contributed by atoms with Crippen LogP contribution in [0.4, 0.5) is 0 Å². The van der Waals surface area contributed by atoms with Gasteiger partial charge in [0.05, 0.1) is 11.4 Å². The van der Waals surface area contributed by atoms with Gasteiger partial charge in [0.25, 0.3) is 0 Å². The van der Waals surface area contributed by atoms with Crippen LogP contribution in [0.1, 0.15) is 38.3 Å². The molecule has 1 aromatic heterocycles. The molecule has 0 N–H and O–H groups in total. The van der Waals surface area contributed by atoms with E-state index in [9.17, 15) is 4.79 Å². The van der Waals surface area contributed by atoms with Gasteiger partial charge in [-0.3, -0.25) is 9.69 Å². The molecule has 3 aliphatic rings. The number of rotatable bonds is 4. The molecule has 0 fully saturated rings. The highest BCUT2D eigenvalue weighted by molar-refractivity contribution is 8.17. The first kappa shape index (κ1) is 17.0. The molecule has 0 bridgehead atoms. The standard InChI is InChI=1S/C18H22N4OS2/c1-11-4-5-13-14(8-11)25-16-15(13)17(23)22(18(24)20-16)7-3-6-21-10-19-9-12(21)2/h9-11,15H,3-8H2,1-2H3. The third-order valence-electron chi connectivity index (χ3n) is 5.27. The van der Waals surface area contributed by atoms with E-state index in [1.165, 1.54) is 16.9 Å². The van der Waals surface area contributed by atoms with E-state index in [0.717, 1.165) is 36.5 Å². The topological polar surface area (TPSA) is 50.5 Å². The van der Waals surface area contributed by atoms with Gasteiger partial charge in [-0.15, -0.1) is 0 Å². The van der Waals surface area contributed by atoms with Gasteiger partial charge in [-0.05, 0) is 61.2 Å². The quantitative estimate of drug-likeness (QED) is 0.757. The molecule has 25 heavy (non-hydrogen) atoms. The summed E-state index contributed by atoms with van der Waals surface area (Å²) in [5.74, 6) is 0.669. The molecule has 1 aromatic rings. The van der Waals surface area contributed by atoms with E-state index >= 15 is 0 Å². The lowest BCUT2D eigenvalue weighted by molar-refractivity contribution is -0.128. The van der Waals surface area contributed by atoms with E-state index in [1.54, 1.807) is 16.7 Å². The molecule has 0 radical (unpaired) electrons. The minimum absolute atomic E-state index is 0.129. The summed E-state index contributed by atoms with van der Waals surface area (Å²) in [7, 11) is 0. The van der Waals surface area contributed by atoms with Crippen LogP contribution in [-0.4, -0.2) is 37.1 Å². The number of aromatic nitrogens is 2. The number of thiocarbonyl (C=S) groups is 1. The number of nitrogens with zero attached hydrogens (tertiary/aromatic N) is 4. The summed E-state index contributed by atoms with van der Waals surface area (Å²) in [6.07, 6.45) is 7.79. The van der Waals surface area contributed by atoms with Crippen molar-refractivity contribution in [3.8, 4) is 0 Å². The Morgan fingerprint density at radius 2 is 2.24 bits per heavy atom. The van der Waals surface area contributed by atoms with Crippen LogP contribution in [0.3, 0.4) is 0 Å². The summed E-state index contributed by atoms with van der Waals surface area (Å²) in [5, 5.41) is 1.34. The number of amides is 1. The number of hydrogen-bond acceptors (Lipinski definition) is 4. The van der Waals surface area contributed by atoms with Crippen LogP contribution >= 0.6 is 24.0 Å². The third-order valence-corrected chi connectivity index (χ3v) is 6.80. The van der Waals surface area contributed by atoms with Crippen molar-refractivity contribution in [1.29, 1.82) is 0 Å². The Balaban J connectivity index is 1.47. The Bertz CT molecular complexity index is 795. The number of fused-ring (bicyclic) bond motifs is 2. The fourth-order valence-electron chi connectivity index (χ4n) is 3.81. The van der Waals surface area contributed by atoms with Crippen LogP contribution < -0.4 is 0 Å². The fourth-order valence-corrected chi connectivity index (χ4v) is 5.61. The summed E-state index contributed by atoms with van der Waals surface area (Å²) in [6.45, 7) is 5.77. The Morgan fingerprint density at radius 1 is 1.40 bits per heavy atom. The smallest absolute Gasteiger partial charge is 0.242 e. The number of allylic oxidation sites excluding steroid dienone is 1. The maximum Gasteiger partial charge on any atom is 0.242 e. The van der Waals surface area contributed by atoms with Crippen molar-refractivity contribution in [1.82, 2.24) is 14.5 Å². The zero-order valence-electron chi connectivity index (χ0n) is 14.6. The van der Waals surface area contributed by atoms with Gasteiger partial charge >= 0.3 is 0 Å². The molecule has 7 heteroatoms. The number of carbonyl (C=O) groups excluding carboxylic acids is 1. The molecule has 5 nitrogen and oxygen atoms in total. The van der Waals surface area contributed by atoms with Gasteiger partial charge < -0.3 is 4.57 Å². The number of carbonyl (C=O) groups is 1. The zero-order chi connectivity index (χ0) is 17.6. The molecule has 2 unspecified atom stereocenters. The normalized spacial score (nSPS) is 26.0. The predicted octanol–water partition coefficient (Wildman–Crippen LogP) is 3.54. The monoisotopic (exact) mass is 374 g/mol. The zero-order valence-corrected chi connectivity index (χ0v) is 16.2. The van der Waals surface area contributed by atoms with Gasteiger partial charge in [0.1, 0.15) is 5.92 Å². The largest absolute Gasteiger partial charge is 0.335 e. The molecule has 0 aromatic carbocycles. The van der Waals surface area contributed by atoms with Crippen LogP contribution in [0.15, 0.2) is 28.0 Å². The summed E-state index contributed by atoms with van der Waals surface area (Å²) in [6, 6.07) is 0. The van der Waals surface area contributed by atoms with Crippen LogP contribution in [0, 0.1) is 18.8 Å². The molecule has 1 amide bonds. The number of hydrogen-bond donors (Lipinski definition) is 0. The van der Waals surface area contributed by atoms with Gasteiger partial charge in [0.15, 0.2) is 0 Å². The number of aryl methyl sites for hydroxylation is 2. The average molecular weight is 375 g/mol. The highest BCUT2D eigenvalue weighted by Crippen LogP contribution is 2.49. The summed E-state index contributed by atoms with van der Waals surface area (Å²) < 4.78 is 2.10. The Morgan fingerprint density at radius 3 is 3.00 bits per heavy atom. The van der Waals surface area contributed by atoms with Crippen LogP contribution in [0.2, 0.25) is 0 Å². The highest BCUT2D eigenvalue weighted by Gasteiger charge is 2.44. The summed E-state index contributed by atoms with van der Waals surface area (Å²) in [4.78, 5) is 24.9. The molecule has 2 atom stereocenters. The van der Waals surface area contributed by atoms with Crippen molar-refractivity contribution in [3.05, 3.63) is 28.7 Å². The molecule has 3 heterocycles. The van der Waals surface area contributed by atoms with Gasteiger partial charge in [-0.25, -0.2) is 9.98 Å². The van der Waals surface area contributed by atoms with Crippen LogP contribution in [0.5, 0.6) is 0 Å². The first-order chi connectivity index (χ1) is 12.0. The Kier molecular flexibility index (Phi) is 4.54. The molecule has 0 spiro atoms. The van der Waals surface area contributed by atoms with E-state index in [2.05, 4.69) is 21.5 Å². The van der Waals surface area contributed by atoms with Gasteiger partial charge in [0, 0.05) is 25.0 Å². The second-order valence-electron chi connectivity index (χ2n) is 7.14. The Labute approximate surface area is 157 Å². The molecule has 132 valence electrons. The lowest BCUT2D eigenvalue weighted by Crippen LogP contribution is -2.46. The molecule has 1 aliphatic carbocycles. The van der Waals surface area contributed by atoms with Crippen molar-refractivity contribution in [3.63, 3.8) is 0 Å². The second kappa shape index (κ2) is 6.68. The van der Waals surface area contributed by atoms with Crippen LogP contribution in [0.25, 0.3) is 0 Å². The van der Waals surface area contributed by atoms with Crippen LogP contribution in [-0.2, 0) is 11.3 Å². The summed E-state index contributed by atoms with van der Waals surface area (Å²) in [5.41, 5.74) is 2.44. The van der Waals surface area contributed by atoms with Gasteiger partial charge in [-0.2, -0.15) is 0 Å². The molecule has 2 aliphatic heterocycles. The minimum atomic E-state index is -0.158. The minimum Gasteiger partial charge on any atom is -0.335 e. The number of aliphatic imine (C=N–C) groups is 1. The van der Waals surface area contributed by atoms with E-state index in [-0.39, 0.29) is 11.8 Å². The van der Waals surface area contributed by atoms with Crippen molar-refractivity contribution in [2.75, 3.05) is 6.54 Å². The lowest BCUT2D eigenvalue weighted by Gasteiger charge is -2.30. The highest BCUT2D eigenvalue weighted by atomic mass is 32.2.